The second kappa shape index (κ2) is 5.97. The molecule has 2 aromatic rings. The van der Waals surface area contributed by atoms with Gasteiger partial charge in [0.05, 0.1) is 12.1 Å². The van der Waals surface area contributed by atoms with Gasteiger partial charge in [0.15, 0.2) is 0 Å². The van der Waals surface area contributed by atoms with Gasteiger partial charge in [-0.3, -0.25) is 9.59 Å². The third kappa shape index (κ3) is 2.98. The minimum Gasteiger partial charge on any atom is -0.364 e. The maximum atomic E-state index is 12.4. The minimum atomic E-state index is -0.582. The predicted molar refractivity (Wildman–Crippen MR) is 82.0 cm³/mol. The summed E-state index contributed by atoms with van der Waals surface area (Å²) in [5.74, 6) is -0.565. The molecule has 0 bridgehead atoms. The standard InChI is InChI=1S/C17H17N3O2/c18-17(22)15-7-3-6-14(19-15)10-16(21)20-9-8-12-4-1-2-5-13(12)11-20/h1-7H,8-11H2,(H2,18,22). The predicted octanol–water partition coefficient (Wildman–Crippen LogP) is 1.31. The largest absolute Gasteiger partial charge is 0.364 e. The summed E-state index contributed by atoms with van der Waals surface area (Å²) in [6, 6.07) is 13.2. The van der Waals surface area contributed by atoms with Crippen LogP contribution >= 0.6 is 0 Å². The Labute approximate surface area is 128 Å². The van der Waals surface area contributed by atoms with E-state index in [0.29, 0.717) is 18.8 Å². The Morgan fingerprint density at radius 1 is 1.09 bits per heavy atom. The van der Waals surface area contributed by atoms with Crippen molar-refractivity contribution in [2.24, 2.45) is 5.73 Å². The number of fused-ring (bicyclic) bond motifs is 1. The number of nitrogens with two attached hydrogens (primary N) is 1. The first-order chi connectivity index (χ1) is 10.6. The summed E-state index contributed by atoms with van der Waals surface area (Å²) in [5, 5.41) is 0. The van der Waals surface area contributed by atoms with E-state index in [1.54, 1.807) is 18.2 Å². The Hall–Kier alpha value is -2.69. The smallest absolute Gasteiger partial charge is 0.267 e. The quantitative estimate of drug-likeness (QED) is 0.927. The average molecular weight is 295 g/mol. The van der Waals surface area contributed by atoms with Crippen LogP contribution in [0.2, 0.25) is 0 Å². The van der Waals surface area contributed by atoms with Crippen molar-refractivity contribution in [3.63, 3.8) is 0 Å². The van der Waals surface area contributed by atoms with Crippen LogP contribution in [0.15, 0.2) is 42.5 Å². The minimum absolute atomic E-state index is 0.0172. The van der Waals surface area contributed by atoms with Crippen LogP contribution in [0.1, 0.15) is 27.3 Å². The molecule has 0 spiro atoms. The zero-order valence-electron chi connectivity index (χ0n) is 12.2. The van der Waals surface area contributed by atoms with Crippen molar-refractivity contribution in [2.45, 2.75) is 19.4 Å². The van der Waals surface area contributed by atoms with Crippen LogP contribution < -0.4 is 5.73 Å². The maximum Gasteiger partial charge on any atom is 0.267 e. The highest BCUT2D eigenvalue weighted by Gasteiger charge is 2.20. The Balaban J connectivity index is 1.71. The summed E-state index contributed by atoms with van der Waals surface area (Å²) < 4.78 is 0. The van der Waals surface area contributed by atoms with Crippen molar-refractivity contribution >= 4 is 11.8 Å². The molecular formula is C17H17N3O2. The third-order valence-electron chi connectivity index (χ3n) is 3.87. The summed E-state index contributed by atoms with van der Waals surface area (Å²) in [6.45, 7) is 1.34. The SMILES string of the molecule is NC(=O)c1cccc(CC(=O)N2CCc3ccccc3C2)n1. The van der Waals surface area contributed by atoms with Gasteiger partial charge in [-0.2, -0.15) is 0 Å². The number of primary amides is 1. The van der Waals surface area contributed by atoms with Crippen molar-refractivity contribution in [3.05, 3.63) is 65.0 Å². The molecule has 1 aliphatic heterocycles. The van der Waals surface area contributed by atoms with Crippen LogP contribution in [0.5, 0.6) is 0 Å². The van der Waals surface area contributed by atoms with E-state index in [1.165, 1.54) is 11.1 Å². The lowest BCUT2D eigenvalue weighted by molar-refractivity contribution is -0.131. The lowest BCUT2D eigenvalue weighted by atomic mass is 9.99. The molecule has 5 nitrogen and oxygen atoms in total. The topological polar surface area (TPSA) is 76.3 Å². The summed E-state index contributed by atoms with van der Waals surface area (Å²) in [7, 11) is 0. The van der Waals surface area contributed by atoms with Gasteiger partial charge in [-0.25, -0.2) is 4.98 Å². The van der Waals surface area contributed by atoms with Gasteiger partial charge in [-0.1, -0.05) is 30.3 Å². The number of hydrogen-bond acceptors (Lipinski definition) is 3. The van der Waals surface area contributed by atoms with Crippen LogP contribution in [0.3, 0.4) is 0 Å². The highest BCUT2D eigenvalue weighted by Crippen LogP contribution is 2.19. The number of nitrogens with zero attached hydrogens (tertiary/aromatic N) is 2. The Bertz CT molecular complexity index is 727. The maximum absolute atomic E-state index is 12.4. The molecular weight excluding hydrogens is 278 g/mol. The molecule has 112 valence electrons. The van der Waals surface area contributed by atoms with Crippen LogP contribution in [0.25, 0.3) is 0 Å². The summed E-state index contributed by atoms with van der Waals surface area (Å²) >= 11 is 0. The van der Waals surface area contributed by atoms with Gasteiger partial charge in [0, 0.05) is 13.1 Å². The van der Waals surface area contributed by atoms with Crippen LogP contribution in [0.4, 0.5) is 0 Å². The lowest BCUT2D eigenvalue weighted by Crippen LogP contribution is -2.37. The number of aromatic nitrogens is 1. The molecule has 2 heterocycles. The van der Waals surface area contributed by atoms with Gasteiger partial charge in [0.25, 0.3) is 5.91 Å². The molecule has 1 aromatic carbocycles. The van der Waals surface area contributed by atoms with Gasteiger partial charge in [-0.15, -0.1) is 0 Å². The molecule has 3 rings (SSSR count). The van der Waals surface area contributed by atoms with E-state index >= 15 is 0 Å². The number of amides is 2. The van der Waals surface area contributed by atoms with E-state index in [0.717, 1.165) is 6.42 Å². The number of carbonyl (C=O) groups is 2. The molecule has 5 heteroatoms. The molecule has 22 heavy (non-hydrogen) atoms. The van der Waals surface area contributed by atoms with Crippen molar-refractivity contribution in [2.75, 3.05) is 6.54 Å². The van der Waals surface area contributed by atoms with E-state index in [4.69, 9.17) is 5.73 Å². The molecule has 1 aromatic heterocycles. The molecule has 2 N–H and O–H groups in total. The third-order valence-corrected chi connectivity index (χ3v) is 3.87. The number of carbonyl (C=O) groups excluding carboxylic acids is 2. The lowest BCUT2D eigenvalue weighted by Gasteiger charge is -2.28. The van der Waals surface area contributed by atoms with Crippen molar-refractivity contribution in [1.82, 2.24) is 9.88 Å². The van der Waals surface area contributed by atoms with E-state index in [2.05, 4.69) is 17.1 Å². The van der Waals surface area contributed by atoms with Gasteiger partial charge in [-0.05, 0) is 29.7 Å². The number of pyridine rings is 1. The van der Waals surface area contributed by atoms with Gasteiger partial charge in [0.2, 0.25) is 5.91 Å². The van der Waals surface area contributed by atoms with E-state index in [-0.39, 0.29) is 18.0 Å². The fourth-order valence-electron chi connectivity index (χ4n) is 2.69. The van der Waals surface area contributed by atoms with Crippen molar-refractivity contribution in [1.29, 1.82) is 0 Å². The van der Waals surface area contributed by atoms with Crippen molar-refractivity contribution in [3.8, 4) is 0 Å². The Morgan fingerprint density at radius 2 is 1.86 bits per heavy atom. The van der Waals surface area contributed by atoms with E-state index in [1.807, 2.05) is 17.0 Å². The van der Waals surface area contributed by atoms with Crippen LogP contribution in [0, 0.1) is 0 Å². The highest BCUT2D eigenvalue weighted by molar-refractivity contribution is 5.90. The zero-order valence-corrected chi connectivity index (χ0v) is 12.2. The summed E-state index contributed by atoms with van der Waals surface area (Å²) in [4.78, 5) is 29.5. The Morgan fingerprint density at radius 3 is 2.64 bits per heavy atom. The van der Waals surface area contributed by atoms with E-state index in [9.17, 15) is 9.59 Å². The number of benzene rings is 1. The van der Waals surface area contributed by atoms with Crippen LogP contribution in [-0.2, 0) is 24.2 Å². The summed E-state index contributed by atoms with van der Waals surface area (Å²) in [5.41, 5.74) is 8.47. The Kier molecular flexibility index (Phi) is 3.87. The monoisotopic (exact) mass is 295 g/mol. The first-order valence-corrected chi connectivity index (χ1v) is 7.24. The molecule has 2 amide bonds. The molecule has 0 unspecified atom stereocenters. The second-order valence-electron chi connectivity index (χ2n) is 5.39. The molecule has 0 atom stereocenters. The normalized spacial score (nSPS) is 13.5. The van der Waals surface area contributed by atoms with Gasteiger partial charge < -0.3 is 10.6 Å². The van der Waals surface area contributed by atoms with Crippen LogP contribution in [-0.4, -0.2) is 28.2 Å². The average Bonchev–Trinajstić information content (AvgIpc) is 2.54. The molecule has 0 radical (unpaired) electrons. The summed E-state index contributed by atoms with van der Waals surface area (Å²) in [6.07, 6.45) is 1.06. The van der Waals surface area contributed by atoms with Crippen molar-refractivity contribution < 1.29 is 9.59 Å². The van der Waals surface area contributed by atoms with Gasteiger partial charge in [0.1, 0.15) is 5.69 Å². The zero-order chi connectivity index (χ0) is 15.5. The van der Waals surface area contributed by atoms with Gasteiger partial charge >= 0.3 is 0 Å². The number of hydrogen-bond donors (Lipinski definition) is 1. The molecule has 0 saturated heterocycles. The first-order valence-electron chi connectivity index (χ1n) is 7.24. The molecule has 0 aliphatic carbocycles. The van der Waals surface area contributed by atoms with E-state index < -0.39 is 5.91 Å². The molecule has 0 fully saturated rings. The fourth-order valence-corrected chi connectivity index (χ4v) is 2.69. The fraction of sp³-hybridized carbons (Fsp3) is 0.235. The molecule has 0 saturated carbocycles. The number of rotatable bonds is 3. The second-order valence-corrected chi connectivity index (χ2v) is 5.39. The highest BCUT2D eigenvalue weighted by atomic mass is 16.2. The molecule has 1 aliphatic rings. The first kappa shape index (κ1) is 14.3.